The normalized spacial score (nSPS) is 11.2. The van der Waals surface area contributed by atoms with E-state index in [4.69, 9.17) is 0 Å². The zero-order valence-electron chi connectivity index (χ0n) is 9.23. The Morgan fingerprint density at radius 2 is 1.88 bits per heavy atom. The Labute approximate surface area is 114 Å². The third-order valence-electron chi connectivity index (χ3n) is 1.87. The highest BCUT2D eigenvalue weighted by Crippen LogP contribution is 2.13. The van der Waals surface area contributed by atoms with Crippen LogP contribution in [-0.4, -0.2) is 25.3 Å². The summed E-state index contributed by atoms with van der Waals surface area (Å²) in [5.74, 6) is -0.191. The molecular formula is C10H13IN2O3S. The van der Waals surface area contributed by atoms with Gasteiger partial charge in [-0.15, -0.1) is 0 Å². The summed E-state index contributed by atoms with van der Waals surface area (Å²) in [7, 11) is -3.44. The predicted molar refractivity (Wildman–Crippen MR) is 74.8 cm³/mol. The van der Waals surface area contributed by atoms with E-state index in [1.807, 2.05) is 0 Å². The van der Waals surface area contributed by atoms with E-state index in [1.165, 1.54) is 19.1 Å². The Hall–Kier alpha value is -0.670. The van der Waals surface area contributed by atoms with Crippen LogP contribution in [0.25, 0.3) is 0 Å². The number of alkyl halides is 1. The topological polar surface area (TPSA) is 75.3 Å². The lowest BCUT2D eigenvalue weighted by atomic mass is 10.3. The molecule has 94 valence electrons. The lowest BCUT2D eigenvalue weighted by Gasteiger charge is -2.06. The molecule has 1 rings (SSSR count). The molecule has 0 aliphatic carbocycles. The highest BCUT2D eigenvalue weighted by atomic mass is 127. The molecule has 0 aromatic heterocycles. The Morgan fingerprint density at radius 1 is 1.29 bits per heavy atom. The van der Waals surface area contributed by atoms with Gasteiger partial charge in [-0.2, -0.15) is 0 Å². The maximum absolute atomic E-state index is 11.7. The molecule has 5 nitrogen and oxygen atoms in total. The van der Waals surface area contributed by atoms with Gasteiger partial charge in [-0.1, -0.05) is 22.6 Å². The molecular weight excluding hydrogens is 355 g/mol. The van der Waals surface area contributed by atoms with Crippen LogP contribution in [0.3, 0.4) is 0 Å². The summed E-state index contributed by atoms with van der Waals surface area (Å²) in [5.41, 5.74) is 0.574. The smallest absolute Gasteiger partial charge is 0.240 e. The molecule has 2 N–H and O–H groups in total. The highest BCUT2D eigenvalue weighted by Gasteiger charge is 2.12. The molecule has 0 atom stereocenters. The zero-order chi connectivity index (χ0) is 12.9. The fourth-order valence-electron chi connectivity index (χ4n) is 1.18. The quantitative estimate of drug-likeness (QED) is 0.609. The Balaban J connectivity index is 2.83. The minimum absolute atomic E-state index is 0.191. The lowest BCUT2D eigenvalue weighted by molar-refractivity contribution is -0.114. The van der Waals surface area contributed by atoms with Gasteiger partial charge in [0.1, 0.15) is 0 Å². The van der Waals surface area contributed by atoms with Crippen LogP contribution in [0.2, 0.25) is 0 Å². The van der Waals surface area contributed by atoms with Crippen LogP contribution < -0.4 is 10.0 Å². The molecule has 1 amide bonds. The van der Waals surface area contributed by atoms with Crippen molar-refractivity contribution < 1.29 is 13.2 Å². The molecule has 0 saturated carbocycles. The monoisotopic (exact) mass is 368 g/mol. The first kappa shape index (κ1) is 14.4. The standard InChI is InChI=1S/C10H13IN2O3S/c1-8(14)13-9-2-4-10(5-3-9)17(15,16)12-7-6-11/h2-5,12H,6-7H2,1H3,(H,13,14). The molecule has 1 aromatic rings. The van der Waals surface area contributed by atoms with Gasteiger partial charge >= 0.3 is 0 Å². The molecule has 0 fully saturated rings. The van der Waals surface area contributed by atoms with Crippen LogP contribution >= 0.6 is 22.6 Å². The number of hydrogen-bond acceptors (Lipinski definition) is 3. The lowest BCUT2D eigenvalue weighted by Crippen LogP contribution is -2.25. The number of hydrogen-bond donors (Lipinski definition) is 2. The number of carbonyl (C=O) groups excluding carboxylic acids is 1. The summed E-state index contributed by atoms with van der Waals surface area (Å²) in [6, 6.07) is 6.03. The summed E-state index contributed by atoms with van der Waals surface area (Å²) >= 11 is 2.09. The molecule has 0 heterocycles. The van der Waals surface area contributed by atoms with Crippen LogP contribution in [-0.2, 0) is 14.8 Å². The van der Waals surface area contributed by atoms with Gasteiger partial charge in [-0.3, -0.25) is 4.79 Å². The first-order valence-electron chi connectivity index (χ1n) is 4.89. The van der Waals surface area contributed by atoms with E-state index in [0.29, 0.717) is 16.7 Å². The summed E-state index contributed by atoms with van der Waals surface area (Å²) in [6.45, 7) is 1.79. The number of nitrogens with one attached hydrogen (secondary N) is 2. The van der Waals surface area contributed by atoms with E-state index in [0.717, 1.165) is 0 Å². The van der Waals surface area contributed by atoms with Crippen LogP contribution in [0.4, 0.5) is 5.69 Å². The van der Waals surface area contributed by atoms with Gasteiger partial charge in [0.2, 0.25) is 15.9 Å². The van der Waals surface area contributed by atoms with Crippen molar-refractivity contribution in [3.63, 3.8) is 0 Å². The summed E-state index contributed by atoms with van der Waals surface area (Å²) in [6.07, 6.45) is 0. The zero-order valence-corrected chi connectivity index (χ0v) is 12.2. The molecule has 0 radical (unpaired) electrons. The van der Waals surface area contributed by atoms with Crippen LogP contribution in [0.15, 0.2) is 29.2 Å². The minimum Gasteiger partial charge on any atom is -0.326 e. The van der Waals surface area contributed by atoms with Crippen LogP contribution in [0, 0.1) is 0 Å². The minimum atomic E-state index is -3.44. The summed E-state index contributed by atoms with van der Waals surface area (Å²) < 4.78 is 26.6. The number of amides is 1. The third kappa shape index (κ3) is 4.60. The molecule has 7 heteroatoms. The number of halogens is 1. The number of anilines is 1. The van der Waals surface area contributed by atoms with E-state index in [9.17, 15) is 13.2 Å². The van der Waals surface area contributed by atoms with Gasteiger partial charge in [-0.25, -0.2) is 13.1 Å². The molecule has 17 heavy (non-hydrogen) atoms. The highest BCUT2D eigenvalue weighted by molar-refractivity contribution is 14.1. The predicted octanol–water partition coefficient (Wildman–Crippen LogP) is 1.36. The second-order valence-corrected chi connectivity index (χ2v) is 6.14. The SMILES string of the molecule is CC(=O)Nc1ccc(S(=O)(=O)NCCI)cc1. The van der Waals surface area contributed by atoms with Gasteiger partial charge < -0.3 is 5.32 Å². The Morgan fingerprint density at radius 3 is 2.35 bits per heavy atom. The maximum Gasteiger partial charge on any atom is 0.240 e. The summed E-state index contributed by atoms with van der Waals surface area (Å²) in [4.78, 5) is 11.0. The number of rotatable bonds is 5. The number of benzene rings is 1. The van der Waals surface area contributed by atoms with Gasteiger partial charge in [0.15, 0.2) is 0 Å². The van der Waals surface area contributed by atoms with E-state index < -0.39 is 10.0 Å². The number of carbonyl (C=O) groups is 1. The van der Waals surface area contributed by atoms with Gasteiger partial charge in [0, 0.05) is 23.6 Å². The largest absolute Gasteiger partial charge is 0.326 e. The average molecular weight is 368 g/mol. The number of sulfonamides is 1. The van der Waals surface area contributed by atoms with Crippen molar-refractivity contribution >= 4 is 44.2 Å². The molecule has 1 aromatic carbocycles. The van der Waals surface area contributed by atoms with Crippen LogP contribution in [0.1, 0.15) is 6.92 Å². The average Bonchev–Trinajstić information content (AvgIpc) is 2.26. The van der Waals surface area contributed by atoms with E-state index in [1.54, 1.807) is 12.1 Å². The molecule has 0 saturated heterocycles. The Kier molecular flexibility index (Phi) is 5.34. The van der Waals surface area contributed by atoms with Crippen molar-refractivity contribution in [1.29, 1.82) is 0 Å². The van der Waals surface area contributed by atoms with E-state index in [2.05, 4.69) is 32.6 Å². The first-order chi connectivity index (χ1) is 7.95. The Bertz CT molecular complexity index is 485. The second-order valence-electron chi connectivity index (χ2n) is 3.29. The first-order valence-corrected chi connectivity index (χ1v) is 7.90. The van der Waals surface area contributed by atoms with Crippen molar-refractivity contribution in [2.45, 2.75) is 11.8 Å². The fourth-order valence-corrected chi connectivity index (χ4v) is 2.84. The molecule has 0 spiro atoms. The van der Waals surface area contributed by atoms with Crippen molar-refractivity contribution in [2.24, 2.45) is 0 Å². The second kappa shape index (κ2) is 6.31. The summed E-state index contributed by atoms with van der Waals surface area (Å²) in [5, 5.41) is 2.57. The molecule has 0 aliphatic heterocycles. The van der Waals surface area contributed by atoms with Crippen molar-refractivity contribution in [2.75, 3.05) is 16.3 Å². The van der Waals surface area contributed by atoms with Gasteiger partial charge in [-0.05, 0) is 24.3 Å². The maximum atomic E-state index is 11.7. The van der Waals surface area contributed by atoms with Gasteiger partial charge in [0.05, 0.1) is 4.90 Å². The van der Waals surface area contributed by atoms with Crippen LogP contribution in [0.5, 0.6) is 0 Å². The molecule has 0 aliphatic rings. The van der Waals surface area contributed by atoms with Crippen molar-refractivity contribution in [1.82, 2.24) is 4.72 Å². The van der Waals surface area contributed by atoms with E-state index >= 15 is 0 Å². The molecule has 0 unspecified atom stereocenters. The van der Waals surface area contributed by atoms with Gasteiger partial charge in [0.25, 0.3) is 0 Å². The fraction of sp³-hybridized carbons (Fsp3) is 0.300. The third-order valence-corrected chi connectivity index (χ3v) is 3.89. The van der Waals surface area contributed by atoms with Crippen molar-refractivity contribution in [3.8, 4) is 0 Å². The van der Waals surface area contributed by atoms with E-state index in [-0.39, 0.29) is 10.8 Å². The van der Waals surface area contributed by atoms with Crippen molar-refractivity contribution in [3.05, 3.63) is 24.3 Å². The molecule has 0 bridgehead atoms.